The van der Waals surface area contributed by atoms with Crippen molar-refractivity contribution in [3.05, 3.63) is 33.0 Å². The van der Waals surface area contributed by atoms with Gasteiger partial charge in [-0.3, -0.25) is 0 Å². The molecule has 0 aliphatic rings. The molecular weight excluding hydrogens is 265 g/mol. The van der Waals surface area contributed by atoms with E-state index in [9.17, 15) is 32.1 Å². The fourth-order valence-corrected chi connectivity index (χ4v) is 1.20. The third kappa shape index (κ3) is 2.50. The lowest BCUT2D eigenvalue weighted by atomic mass is 10.1. The zero-order valence-electron chi connectivity index (χ0n) is 8.20. The second-order valence-electron chi connectivity index (χ2n) is 2.96. The molecule has 1 aromatic rings. The molecule has 0 saturated heterocycles. The molecule has 0 atom stereocenters. The second kappa shape index (κ2) is 4.52. The van der Waals surface area contributed by atoms with Gasteiger partial charge in [0.25, 0.3) is 12.1 Å². The van der Waals surface area contributed by atoms with Gasteiger partial charge < -0.3 is 10.1 Å². The number of aromatic nitrogens is 1. The van der Waals surface area contributed by atoms with Crippen LogP contribution in [0.1, 0.15) is 23.2 Å². The Morgan fingerprint density at radius 2 is 2.00 bits per heavy atom. The quantitative estimate of drug-likeness (QED) is 0.468. The third-order valence-electron chi connectivity index (χ3n) is 1.84. The Hall–Kier alpha value is -2.31. The van der Waals surface area contributed by atoms with E-state index >= 15 is 0 Å². The van der Waals surface area contributed by atoms with E-state index in [1.54, 1.807) is 0 Å². The van der Waals surface area contributed by atoms with Crippen LogP contribution in [0, 0.1) is 21.4 Å². The van der Waals surface area contributed by atoms with Crippen molar-refractivity contribution in [3.8, 4) is 6.07 Å². The predicted molar refractivity (Wildman–Crippen MR) is 45.6 cm³/mol. The Kier molecular flexibility index (Phi) is 3.45. The summed E-state index contributed by atoms with van der Waals surface area (Å²) < 4.78 is 62.4. The van der Waals surface area contributed by atoms with Crippen molar-refractivity contribution in [2.45, 2.75) is 12.6 Å². The summed E-state index contributed by atoms with van der Waals surface area (Å²) in [7, 11) is 0. The molecule has 1 heterocycles. The number of hydrogen-bond donors (Lipinski definition) is 0. The van der Waals surface area contributed by atoms with Crippen molar-refractivity contribution in [2.75, 3.05) is 0 Å². The number of nitriles is 1. The van der Waals surface area contributed by atoms with Crippen LogP contribution in [0.5, 0.6) is 0 Å². The lowest BCUT2D eigenvalue weighted by Crippen LogP contribution is -2.15. The number of pyridine rings is 1. The van der Waals surface area contributed by atoms with Crippen LogP contribution < -0.4 is 0 Å². The average molecular weight is 267 g/mol. The maximum atomic E-state index is 12.5. The monoisotopic (exact) mass is 267 g/mol. The van der Waals surface area contributed by atoms with Crippen molar-refractivity contribution >= 4 is 5.82 Å². The molecule has 0 aromatic carbocycles. The van der Waals surface area contributed by atoms with Crippen molar-refractivity contribution < 1.29 is 26.9 Å². The number of alkyl halides is 5. The summed E-state index contributed by atoms with van der Waals surface area (Å²) in [6.45, 7) is 0. The van der Waals surface area contributed by atoms with Gasteiger partial charge in [0.15, 0.2) is 5.56 Å². The molecule has 1 aromatic heterocycles. The van der Waals surface area contributed by atoms with Crippen molar-refractivity contribution in [2.24, 2.45) is 0 Å². The fraction of sp³-hybridized carbons (Fsp3) is 0.250. The number of halogens is 5. The SMILES string of the molecule is N#Cc1cc(C(F)F)c(C(F)(F)F)c([N+](=O)[O-])n1. The molecule has 10 heteroatoms. The van der Waals surface area contributed by atoms with E-state index in [0.29, 0.717) is 0 Å². The Bertz CT molecular complexity index is 535. The topological polar surface area (TPSA) is 79.8 Å². The molecule has 1 rings (SSSR count). The van der Waals surface area contributed by atoms with Crippen LogP contribution in [-0.2, 0) is 6.18 Å². The lowest BCUT2D eigenvalue weighted by Gasteiger charge is -2.11. The highest BCUT2D eigenvalue weighted by Crippen LogP contribution is 2.41. The molecule has 5 nitrogen and oxygen atoms in total. The van der Waals surface area contributed by atoms with Gasteiger partial charge >= 0.3 is 12.0 Å². The van der Waals surface area contributed by atoms with Crippen LogP contribution in [0.3, 0.4) is 0 Å². The molecule has 0 aliphatic carbocycles. The highest BCUT2D eigenvalue weighted by Gasteiger charge is 2.44. The summed E-state index contributed by atoms with van der Waals surface area (Å²) in [6.07, 6.45) is -8.98. The van der Waals surface area contributed by atoms with Crippen LogP contribution in [0.15, 0.2) is 6.07 Å². The summed E-state index contributed by atoms with van der Waals surface area (Å²) in [5, 5.41) is 18.8. The van der Waals surface area contributed by atoms with E-state index in [1.165, 1.54) is 6.07 Å². The van der Waals surface area contributed by atoms with Gasteiger partial charge in [0, 0.05) is 11.6 Å². The minimum Gasteiger partial charge on any atom is -0.358 e. The predicted octanol–water partition coefficient (Wildman–Crippen LogP) is 2.82. The van der Waals surface area contributed by atoms with Gasteiger partial charge in [-0.15, -0.1) is 0 Å². The summed E-state index contributed by atoms with van der Waals surface area (Å²) in [5.41, 5.74) is -4.66. The Morgan fingerprint density at radius 3 is 2.33 bits per heavy atom. The molecule has 0 amide bonds. The smallest absolute Gasteiger partial charge is 0.358 e. The summed E-state index contributed by atoms with van der Waals surface area (Å²) in [5.74, 6) is -1.81. The number of hydrogen-bond acceptors (Lipinski definition) is 4. The summed E-state index contributed by atoms with van der Waals surface area (Å²) in [6, 6.07) is 1.36. The molecule has 0 spiro atoms. The van der Waals surface area contributed by atoms with Crippen LogP contribution in [0.4, 0.5) is 27.8 Å². The highest BCUT2D eigenvalue weighted by atomic mass is 19.4. The molecule has 0 aliphatic heterocycles. The average Bonchev–Trinajstić information content (AvgIpc) is 2.25. The zero-order chi connectivity index (χ0) is 14.1. The number of nitro groups is 1. The van der Waals surface area contributed by atoms with E-state index in [2.05, 4.69) is 4.98 Å². The lowest BCUT2D eigenvalue weighted by molar-refractivity contribution is -0.393. The summed E-state index contributed by atoms with van der Waals surface area (Å²) >= 11 is 0. The first-order valence-corrected chi connectivity index (χ1v) is 4.13. The van der Waals surface area contributed by atoms with Crippen LogP contribution in [0.25, 0.3) is 0 Å². The van der Waals surface area contributed by atoms with Crippen LogP contribution in [-0.4, -0.2) is 9.91 Å². The van der Waals surface area contributed by atoms with Crippen LogP contribution >= 0.6 is 0 Å². The molecule has 0 bridgehead atoms. The summed E-state index contributed by atoms with van der Waals surface area (Å²) in [4.78, 5) is 11.6. The minimum absolute atomic E-state index is 0.181. The maximum Gasteiger partial charge on any atom is 0.425 e. The number of nitrogens with zero attached hydrogens (tertiary/aromatic N) is 3. The van der Waals surface area contributed by atoms with Gasteiger partial charge in [-0.2, -0.15) is 18.4 Å². The molecule has 0 N–H and O–H groups in total. The fourth-order valence-electron chi connectivity index (χ4n) is 1.20. The van der Waals surface area contributed by atoms with Crippen LogP contribution in [0.2, 0.25) is 0 Å². The molecule has 0 saturated carbocycles. The van der Waals surface area contributed by atoms with Gasteiger partial charge in [-0.25, -0.2) is 8.78 Å². The van der Waals surface area contributed by atoms with E-state index in [0.717, 1.165) is 0 Å². The van der Waals surface area contributed by atoms with Gasteiger partial charge in [0.2, 0.25) is 0 Å². The van der Waals surface area contributed by atoms with Crippen molar-refractivity contribution in [3.63, 3.8) is 0 Å². The Balaban J connectivity index is 3.74. The minimum atomic E-state index is -5.37. The first-order chi connectivity index (χ1) is 8.18. The van der Waals surface area contributed by atoms with E-state index in [-0.39, 0.29) is 6.07 Å². The first-order valence-electron chi connectivity index (χ1n) is 4.13. The van der Waals surface area contributed by atoms with Gasteiger partial charge in [-0.1, -0.05) is 0 Å². The van der Waals surface area contributed by atoms with E-state index in [4.69, 9.17) is 5.26 Å². The normalized spacial score (nSPS) is 11.4. The van der Waals surface area contributed by atoms with Gasteiger partial charge in [-0.05, 0) is 9.91 Å². The van der Waals surface area contributed by atoms with Crippen molar-refractivity contribution in [1.82, 2.24) is 4.98 Å². The number of rotatable bonds is 2. The third-order valence-corrected chi connectivity index (χ3v) is 1.84. The second-order valence-corrected chi connectivity index (χ2v) is 2.96. The zero-order valence-corrected chi connectivity index (χ0v) is 8.20. The molecule has 0 fully saturated rings. The molecular formula is C8H2F5N3O2. The molecule has 0 radical (unpaired) electrons. The molecule has 0 unspecified atom stereocenters. The molecule has 18 heavy (non-hydrogen) atoms. The first kappa shape index (κ1) is 13.8. The maximum absolute atomic E-state index is 12.5. The Morgan fingerprint density at radius 1 is 1.44 bits per heavy atom. The standard InChI is InChI=1S/C8H2F5N3O2/c9-6(10)4-1-3(2-14)15-7(16(17)18)5(4)8(11,12)13/h1,6H. The van der Waals surface area contributed by atoms with Crippen molar-refractivity contribution in [1.29, 1.82) is 5.26 Å². The van der Waals surface area contributed by atoms with Gasteiger partial charge in [0.1, 0.15) is 6.07 Å². The Labute approximate surface area is 95.6 Å². The van der Waals surface area contributed by atoms with E-state index < -0.39 is 40.2 Å². The van der Waals surface area contributed by atoms with E-state index in [1.807, 2.05) is 0 Å². The largest absolute Gasteiger partial charge is 0.425 e. The highest BCUT2D eigenvalue weighted by molar-refractivity contribution is 5.46. The van der Waals surface area contributed by atoms with Gasteiger partial charge in [0.05, 0.1) is 0 Å². The molecule has 96 valence electrons.